The van der Waals surface area contributed by atoms with Crippen LogP contribution in [0.5, 0.6) is 17.2 Å². The molecule has 10 aromatic rings. The number of hydrogen-bond donors (Lipinski definition) is 0. The highest BCUT2D eigenvalue weighted by Gasteiger charge is 2.41. The van der Waals surface area contributed by atoms with Crippen LogP contribution in [0.3, 0.4) is 0 Å². The summed E-state index contributed by atoms with van der Waals surface area (Å²) in [6, 6.07) is -24.4. The smallest absolute Gasteiger partial charge is 0.434 e. The van der Waals surface area contributed by atoms with Gasteiger partial charge in [-0.1, -0.05) is 115 Å². The zero-order valence-corrected chi connectivity index (χ0v) is 26.2. The van der Waals surface area contributed by atoms with Crippen molar-refractivity contribution in [3.05, 3.63) is 169 Å². The number of fused-ring (bicyclic) bond motifs is 10. The summed E-state index contributed by atoms with van der Waals surface area (Å²) in [6.07, 6.45) is 0. The molecule has 0 atom stereocenters. The highest BCUT2D eigenvalue weighted by molar-refractivity contribution is 6.84. The second-order valence-electron chi connectivity index (χ2n) is 11.8. The van der Waals surface area contributed by atoms with Gasteiger partial charge in [-0.05, 0) is 76.2 Å². The second kappa shape index (κ2) is 10.8. The van der Waals surface area contributed by atoms with Crippen LogP contribution in [0.1, 0.15) is 38.4 Å². The molecule has 5 heteroatoms. The number of hydrogen-bond acceptors (Lipinski definition) is 3. The first kappa shape index (κ1) is 12.9. The average Bonchev–Trinajstić information content (AvgIpc) is 2.20. The van der Waals surface area contributed by atoms with Gasteiger partial charge >= 0.3 is 6.92 Å². The van der Waals surface area contributed by atoms with E-state index in [1.165, 1.54) is 0 Å². The van der Waals surface area contributed by atoms with Crippen LogP contribution in [0.4, 0.5) is 0 Å². The van der Waals surface area contributed by atoms with Crippen LogP contribution in [0, 0.1) is 0 Å². The molecule has 8 aromatic carbocycles. The fraction of sp³-hybridized carbons (Fsp3) is 0. The van der Waals surface area contributed by atoms with E-state index >= 15 is 0 Å². The minimum Gasteiger partial charge on any atom is -0.551 e. The first-order valence-electron chi connectivity index (χ1n) is 29.8. The van der Waals surface area contributed by atoms with E-state index in [-0.39, 0.29) is 0 Å². The Morgan fingerprint density at radius 2 is 1.17 bits per heavy atom. The first-order valence-corrected chi connectivity index (χ1v) is 15.8. The highest BCUT2D eigenvalue weighted by Crippen LogP contribution is 2.44. The highest BCUT2D eigenvalue weighted by atomic mass is 16.5. The number of benzene rings is 8. The fourth-order valence-electron chi connectivity index (χ4n) is 6.77. The molecule has 2 aliphatic rings. The van der Waals surface area contributed by atoms with Gasteiger partial charge in [0, 0.05) is 44.1 Å². The van der Waals surface area contributed by atoms with E-state index in [1.54, 1.807) is 0 Å². The van der Waals surface area contributed by atoms with E-state index in [2.05, 4.69) is 0 Å². The van der Waals surface area contributed by atoms with Crippen molar-refractivity contribution in [2.45, 2.75) is 0 Å². The summed E-state index contributed by atoms with van der Waals surface area (Å²) >= 11 is 0. The van der Waals surface area contributed by atoms with Gasteiger partial charge in [0.1, 0.15) is 28.4 Å². The molecular formula is C48H28BNO3. The molecule has 2 aliphatic heterocycles. The van der Waals surface area contributed by atoms with Gasteiger partial charge < -0.3 is 18.4 Å². The molecule has 246 valence electrons. The monoisotopic (exact) mass is 705 g/mol. The van der Waals surface area contributed by atoms with E-state index in [9.17, 15) is 9.60 Å². The van der Waals surface area contributed by atoms with Gasteiger partial charge in [-0.25, -0.2) is 0 Å². The Morgan fingerprint density at radius 1 is 0.472 bits per heavy atom. The second-order valence-corrected chi connectivity index (χ2v) is 11.8. The zero-order chi connectivity index (χ0) is 59.0. The molecule has 4 heterocycles. The number of aromatic nitrogens is 1. The minimum atomic E-state index is -1.93. The van der Waals surface area contributed by atoms with E-state index in [0.29, 0.717) is 0 Å². The van der Waals surface area contributed by atoms with E-state index in [0.717, 1.165) is 4.57 Å². The normalized spacial score (nSPS) is 20.2. The number of furan rings is 1. The molecule has 0 aliphatic carbocycles. The molecule has 12 rings (SSSR count). The van der Waals surface area contributed by atoms with Gasteiger partial charge in [0.2, 0.25) is 0 Å². The summed E-state index contributed by atoms with van der Waals surface area (Å²) in [5, 5.41) is -1.84. The zero-order valence-electron chi connectivity index (χ0n) is 54.2. The Bertz CT molecular complexity index is 4690. The summed E-state index contributed by atoms with van der Waals surface area (Å²) in [5.41, 5.74) is -8.23. The number of para-hydroxylation sites is 4. The number of nitrogens with zero attached hydrogens (tertiary/aromatic N) is 1. The first-order chi connectivity index (χ1) is 37.9. The molecule has 53 heavy (non-hydrogen) atoms. The lowest BCUT2D eigenvalue weighted by atomic mass is 9.51. The van der Waals surface area contributed by atoms with Gasteiger partial charge in [0.05, 0.1) is 55.1 Å². The van der Waals surface area contributed by atoms with Crippen molar-refractivity contribution < 1.29 is 52.2 Å². The maximum atomic E-state index is 10.1. The standard InChI is InChI=1S/C48H28BNO3/c1-5-18-40-34(13-1)35-14-2-6-19-41(35)50(40)32-27-38-36-24-23-30(26-45(36)53-49-39-17-4-8-21-43(39)52-46(28-32)48(38)49)29-11-9-12-31(25-29)33-16-10-22-44-47(33)37-15-3-7-20-42(37)51-44/h1-28H/i1D,2D,3D,4D,5D,6D,7D,8D,9D,10D,11D,12D,13D,14D,15D,16D,17D,18D,19D,20D,21D,22D,23D,24D,25D,26D,27D,28D. The van der Waals surface area contributed by atoms with Crippen molar-refractivity contribution in [1.82, 2.24) is 4.57 Å². The van der Waals surface area contributed by atoms with Crippen molar-refractivity contribution in [2.24, 2.45) is 0 Å². The predicted molar refractivity (Wildman–Crippen MR) is 217 cm³/mol. The number of ether oxygens (including phenoxy) is 1. The Labute approximate surface area is 344 Å². The molecule has 0 spiro atoms. The Hall–Kier alpha value is -6.98. The Balaban J connectivity index is 1.24. The van der Waals surface area contributed by atoms with Gasteiger partial charge in [-0.15, -0.1) is 0 Å². The molecular weight excluding hydrogens is 649 g/mol. The van der Waals surface area contributed by atoms with E-state index in [4.69, 9.17) is 42.6 Å². The van der Waals surface area contributed by atoms with E-state index in [1.807, 2.05) is 0 Å². The van der Waals surface area contributed by atoms with Crippen LogP contribution in [-0.2, 0) is 0 Å². The van der Waals surface area contributed by atoms with Gasteiger partial charge in [-0.2, -0.15) is 0 Å². The van der Waals surface area contributed by atoms with E-state index < -0.39 is 287 Å². The maximum absolute atomic E-state index is 10.1. The molecule has 0 N–H and O–H groups in total. The Morgan fingerprint density at radius 3 is 2.04 bits per heavy atom. The van der Waals surface area contributed by atoms with Gasteiger partial charge in [-0.3, -0.25) is 0 Å². The third kappa shape index (κ3) is 4.13. The van der Waals surface area contributed by atoms with Crippen molar-refractivity contribution in [2.75, 3.05) is 0 Å². The summed E-state index contributed by atoms with van der Waals surface area (Å²) in [6.45, 7) is -1.93. The molecule has 0 amide bonds. The van der Waals surface area contributed by atoms with Gasteiger partial charge in [0.25, 0.3) is 0 Å². The molecule has 4 nitrogen and oxygen atoms in total. The quantitative estimate of drug-likeness (QED) is 0.172. The molecule has 0 saturated heterocycles. The molecule has 0 unspecified atom stereocenters. The average molecular weight is 706 g/mol. The number of rotatable bonds is 3. The van der Waals surface area contributed by atoms with Crippen LogP contribution in [-0.4, -0.2) is 11.5 Å². The third-order valence-electron chi connectivity index (χ3n) is 8.99. The summed E-state index contributed by atoms with van der Waals surface area (Å²) < 4.78 is 272. The largest absolute Gasteiger partial charge is 0.551 e. The molecule has 2 aromatic heterocycles. The van der Waals surface area contributed by atoms with Crippen molar-refractivity contribution in [3.8, 4) is 56.3 Å². The van der Waals surface area contributed by atoms with Crippen LogP contribution >= 0.6 is 0 Å². The predicted octanol–water partition coefficient (Wildman–Crippen LogP) is 11.3. The van der Waals surface area contributed by atoms with Crippen molar-refractivity contribution >= 4 is 61.6 Å². The lowest BCUT2D eigenvalue weighted by Gasteiger charge is -2.33. The molecule has 0 fully saturated rings. The van der Waals surface area contributed by atoms with Crippen LogP contribution < -0.4 is 20.3 Å². The topological polar surface area (TPSA) is 36.5 Å². The lowest BCUT2D eigenvalue weighted by molar-refractivity contribution is 0.479. The third-order valence-corrected chi connectivity index (χ3v) is 8.99. The van der Waals surface area contributed by atoms with Crippen molar-refractivity contribution in [3.63, 3.8) is 0 Å². The van der Waals surface area contributed by atoms with Crippen molar-refractivity contribution in [1.29, 1.82) is 0 Å². The van der Waals surface area contributed by atoms with Crippen LogP contribution in [0.25, 0.3) is 82.8 Å². The molecule has 0 saturated carbocycles. The maximum Gasteiger partial charge on any atom is 0.434 e. The van der Waals surface area contributed by atoms with Crippen LogP contribution in [0.15, 0.2) is 174 Å². The summed E-state index contributed by atoms with van der Waals surface area (Å²) in [7, 11) is 0. The molecule has 0 bridgehead atoms. The van der Waals surface area contributed by atoms with Crippen LogP contribution in [0.2, 0.25) is 0 Å². The lowest BCUT2D eigenvalue weighted by Crippen LogP contribution is -2.53. The van der Waals surface area contributed by atoms with Gasteiger partial charge in [0.15, 0.2) is 0 Å². The minimum absolute atomic E-state index is 0.401. The SMILES string of the molecule is [2H]c1c([2H])c([2H])c2c(c1[2H])Oc1c([2H])c(-n3c4c([2H])c([2H])c([2H])c([2H])c4c4c([2H])c([2H])c([2H])c([2H])c43)c([2H])c3c1B2Oc1c([2H])c(-c2c([2H])c([2H])c([2H])c(-c4c([2H])c([2H])c([2H])c5oc6c([2H])c([2H])c([2H])c([2H])c6c45)c2[2H])c([2H])c([2H])c1-3. The molecule has 0 radical (unpaired) electrons. The summed E-state index contributed by atoms with van der Waals surface area (Å²) in [5.74, 6) is -2.13. The Kier molecular flexibility index (Phi) is 2.62. The fourth-order valence-corrected chi connectivity index (χ4v) is 6.77. The summed E-state index contributed by atoms with van der Waals surface area (Å²) in [4.78, 5) is 0.